The van der Waals surface area contributed by atoms with Gasteiger partial charge in [0.15, 0.2) is 0 Å². The molecule has 0 saturated heterocycles. The first kappa shape index (κ1) is 12.3. The number of hydrogen-bond donors (Lipinski definition) is 0. The van der Waals surface area contributed by atoms with Crippen LogP contribution in [0.25, 0.3) is 0 Å². The summed E-state index contributed by atoms with van der Waals surface area (Å²) in [5, 5.41) is 3.69. The predicted octanol–water partition coefficient (Wildman–Crippen LogP) is 3.56. The van der Waals surface area contributed by atoms with Gasteiger partial charge in [0.05, 0.1) is 0 Å². The lowest BCUT2D eigenvalue weighted by atomic mass is 10.1. The van der Waals surface area contributed by atoms with Crippen molar-refractivity contribution >= 4 is 6.21 Å². The number of benzene rings is 2. The van der Waals surface area contributed by atoms with E-state index in [-0.39, 0.29) is 5.82 Å². The minimum Gasteiger partial charge on any atom is -0.390 e. The first-order chi connectivity index (χ1) is 8.74. The van der Waals surface area contributed by atoms with Crippen LogP contribution in [-0.4, -0.2) is 6.21 Å². The molecule has 2 aromatic rings. The van der Waals surface area contributed by atoms with Gasteiger partial charge in [-0.3, -0.25) is 0 Å². The zero-order valence-electron chi connectivity index (χ0n) is 10.1. The summed E-state index contributed by atoms with van der Waals surface area (Å²) < 4.78 is 12.9. The number of nitrogens with zero attached hydrogens (tertiary/aromatic N) is 1. The summed E-state index contributed by atoms with van der Waals surface area (Å²) in [6.07, 6.45) is 2.63. The molecule has 3 heteroatoms. The fourth-order valence-electron chi connectivity index (χ4n) is 1.55. The maximum Gasteiger partial charge on any atom is 0.142 e. The first-order valence-corrected chi connectivity index (χ1v) is 5.63. The van der Waals surface area contributed by atoms with Crippen molar-refractivity contribution in [3.05, 3.63) is 71.0 Å². The summed E-state index contributed by atoms with van der Waals surface area (Å²) >= 11 is 0. The van der Waals surface area contributed by atoms with Gasteiger partial charge in [-0.05, 0) is 24.6 Å². The Morgan fingerprint density at radius 2 is 2.00 bits per heavy atom. The van der Waals surface area contributed by atoms with Gasteiger partial charge in [0.1, 0.15) is 18.6 Å². The van der Waals surface area contributed by atoms with Crippen molar-refractivity contribution in [3.63, 3.8) is 0 Å². The fraction of sp³-hybridized carbons (Fsp3) is 0.133. The van der Waals surface area contributed by atoms with Crippen LogP contribution in [0.4, 0.5) is 4.39 Å². The van der Waals surface area contributed by atoms with Gasteiger partial charge in [-0.2, -0.15) is 0 Å². The maximum atomic E-state index is 12.9. The van der Waals surface area contributed by atoms with E-state index in [0.29, 0.717) is 12.2 Å². The van der Waals surface area contributed by atoms with E-state index in [1.807, 2.05) is 31.2 Å². The molecule has 0 heterocycles. The molecule has 1 radical (unpaired) electrons. The number of aryl methyl sites for hydroxylation is 1. The highest BCUT2D eigenvalue weighted by Gasteiger charge is 1.94. The normalized spacial score (nSPS) is 10.8. The molecule has 0 N–H and O–H groups in total. The van der Waals surface area contributed by atoms with E-state index in [1.165, 1.54) is 17.7 Å². The Labute approximate surface area is 106 Å². The zero-order chi connectivity index (χ0) is 12.8. The van der Waals surface area contributed by atoms with Crippen molar-refractivity contribution < 1.29 is 9.23 Å². The third-order valence-corrected chi connectivity index (χ3v) is 2.38. The molecule has 0 aliphatic carbocycles. The molecule has 0 unspecified atom stereocenters. The Morgan fingerprint density at radius 3 is 2.78 bits per heavy atom. The Balaban J connectivity index is 1.89. The molecule has 91 valence electrons. The van der Waals surface area contributed by atoms with E-state index < -0.39 is 0 Å². The van der Waals surface area contributed by atoms with Gasteiger partial charge >= 0.3 is 0 Å². The second-order valence-corrected chi connectivity index (χ2v) is 3.98. The summed E-state index contributed by atoms with van der Waals surface area (Å²) in [5.41, 5.74) is 2.77. The van der Waals surface area contributed by atoms with E-state index >= 15 is 0 Å². The predicted molar refractivity (Wildman–Crippen MR) is 68.9 cm³/mol. The molecule has 0 aliphatic rings. The van der Waals surface area contributed by atoms with E-state index in [9.17, 15) is 4.39 Å². The van der Waals surface area contributed by atoms with Gasteiger partial charge in [0.2, 0.25) is 0 Å². The van der Waals surface area contributed by atoms with Gasteiger partial charge in [0, 0.05) is 5.56 Å². The fourth-order valence-corrected chi connectivity index (χ4v) is 1.55. The molecule has 0 atom stereocenters. The quantitative estimate of drug-likeness (QED) is 0.593. The average molecular weight is 242 g/mol. The molecule has 0 amide bonds. The Bertz CT molecular complexity index is 552. The highest BCUT2D eigenvalue weighted by molar-refractivity contribution is 5.78. The lowest BCUT2D eigenvalue weighted by Gasteiger charge is -2.00. The summed E-state index contributed by atoms with van der Waals surface area (Å²) in [7, 11) is 0. The van der Waals surface area contributed by atoms with Crippen LogP contribution in [0.15, 0.2) is 53.7 Å². The maximum absolute atomic E-state index is 12.9. The monoisotopic (exact) mass is 242 g/mol. The van der Waals surface area contributed by atoms with E-state index in [2.05, 4.69) is 11.4 Å². The van der Waals surface area contributed by atoms with Gasteiger partial charge in [0.25, 0.3) is 0 Å². The van der Waals surface area contributed by atoms with Crippen molar-refractivity contribution in [2.24, 2.45) is 5.16 Å². The first-order valence-electron chi connectivity index (χ1n) is 5.63. The summed E-state index contributed by atoms with van der Waals surface area (Å²) in [4.78, 5) is 5.11. The van der Waals surface area contributed by atoms with Crippen molar-refractivity contribution in [1.29, 1.82) is 0 Å². The Morgan fingerprint density at radius 1 is 1.17 bits per heavy atom. The Hall–Kier alpha value is -2.16. The van der Waals surface area contributed by atoms with Crippen molar-refractivity contribution in [1.82, 2.24) is 0 Å². The lowest BCUT2D eigenvalue weighted by molar-refractivity contribution is 0.132. The smallest absolute Gasteiger partial charge is 0.142 e. The molecular formula is C15H13FNO. The van der Waals surface area contributed by atoms with Crippen LogP contribution < -0.4 is 0 Å². The number of rotatable bonds is 4. The lowest BCUT2D eigenvalue weighted by Crippen LogP contribution is -1.89. The van der Waals surface area contributed by atoms with Crippen LogP contribution in [0.5, 0.6) is 0 Å². The molecule has 0 aliphatic heterocycles. The van der Waals surface area contributed by atoms with Crippen LogP contribution in [-0.2, 0) is 11.4 Å². The summed E-state index contributed by atoms with van der Waals surface area (Å²) in [6.45, 7) is 2.40. The molecule has 0 bridgehead atoms. The molecule has 2 aromatic carbocycles. The molecule has 0 aromatic heterocycles. The van der Waals surface area contributed by atoms with Gasteiger partial charge in [-0.25, -0.2) is 4.39 Å². The number of hydrogen-bond acceptors (Lipinski definition) is 2. The molecular weight excluding hydrogens is 229 g/mol. The van der Waals surface area contributed by atoms with Crippen LogP contribution >= 0.6 is 0 Å². The second-order valence-electron chi connectivity index (χ2n) is 3.98. The minimum absolute atomic E-state index is 0.311. The molecule has 0 saturated carbocycles. The van der Waals surface area contributed by atoms with Crippen LogP contribution in [0.3, 0.4) is 0 Å². The topological polar surface area (TPSA) is 21.6 Å². The van der Waals surface area contributed by atoms with Crippen LogP contribution in [0.2, 0.25) is 0 Å². The van der Waals surface area contributed by atoms with Crippen LogP contribution in [0, 0.1) is 12.7 Å². The van der Waals surface area contributed by atoms with Gasteiger partial charge < -0.3 is 4.84 Å². The number of halogens is 1. The third-order valence-electron chi connectivity index (χ3n) is 2.38. The Kier molecular flexibility index (Phi) is 4.07. The van der Waals surface area contributed by atoms with E-state index in [4.69, 9.17) is 4.84 Å². The minimum atomic E-state index is -0.311. The van der Waals surface area contributed by atoms with Gasteiger partial charge in [-0.1, -0.05) is 47.1 Å². The van der Waals surface area contributed by atoms with Gasteiger partial charge in [-0.15, -0.1) is 0 Å². The highest BCUT2D eigenvalue weighted by atomic mass is 19.1. The third kappa shape index (κ3) is 3.70. The summed E-state index contributed by atoms with van der Waals surface area (Å²) in [5.74, 6) is -0.311. The molecule has 18 heavy (non-hydrogen) atoms. The zero-order valence-corrected chi connectivity index (χ0v) is 10.1. The van der Waals surface area contributed by atoms with Crippen molar-refractivity contribution in [2.45, 2.75) is 13.5 Å². The summed E-state index contributed by atoms with van der Waals surface area (Å²) in [6, 6.07) is 14.0. The van der Waals surface area contributed by atoms with E-state index in [1.54, 1.807) is 12.1 Å². The molecule has 0 spiro atoms. The molecule has 2 rings (SSSR count). The molecule has 0 fully saturated rings. The highest BCUT2D eigenvalue weighted by Crippen LogP contribution is 2.06. The van der Waals surface area contributed by atoms with Crippen LogP contribution in [0.1, 0.15) is 16.7 Å². The van der Waals surface area contributed by atoms with Crippen molar-refractivity contribution in [3.8, 4) is 0 Å². The van der Waals surface area contributed by atoms with E-state index in [0.717, 1.165) is 5.56 Å². The molecule has 2 nitrogen and oxygen atoms in total. The SMILES string of the molecule is Cc1cccc(CO/N=[C]\c2cccc(F)c2)c1. The largest absolute Gasteiger partial charge is 0.390 e. The average Bonchev–Trinajstić information content (AvgIpc) is 2.35. The van der Waals surface area contributed by atoms with Crippen molar-refractivity contribution in [2.75, 3.05) is 0 Å². The standard InChI is InChI=1S/C15H13FNO/c1-12-4-2-6-14(8-12)11-18-17-10-13-5-3-7-15(16)9-13/h2-9H,11H2,1H3. The second kappa shape index (κ2) is 5.96.